The van der Waals surface area contributed by atoms with Gasteiger partial charge in [0.05, 0.1) is 67.4 Å². The minimum absolute atomic E-state index is 0.0188. The van der Waals surface area contributed by atoms with Crippen LogP contribution < -0.4 is 0 Å². The van der Waals surface area contributed by atoms with Crippen LogP contribution in [0, 0.1) is 0 Å². The monoisotopic (exact) mass is 588 g/mol. The van der Waals surface area contributed by atoms with Crippen LogP contribution in [-0.4, -0.2) is 153 Å². The van der Waals surface area contributed by atoms with Crippen LogP contribution >= 0.6 is 15.1 Å². The van der Waals surface area contributed by atoms with Crippen molar-refractivity contribution in [2.45, 2.75) is 93.8 Å². The molecule has 0 aliphatic carbocycles. The Morgan fingerprint density at radius 2 is 1.49 bits per heavy atom. The fourth-order valence-corrected chi connectivity index (χ4v) is 7.17. The van der Waals surface area contributed by atoms with E-state index >= 15 is 0 Å². The van der Waals surface area contributed by atoms with Crippen molar-refractivity contribution < 1.29 is 51.9 Å². The summed E-state index contributed by atoms with van der Waals surface area (Å²) in [4.78, 5) is 21.8. The maximum Gasteiger partial charge on any atom is 0.248 e. The smallest absolute Gasteiger partial charge is 0.248 e. The summed E-state index contributed by atoms with van der Waals surface area (Å²) in [5.41, 5.74) is 0. The molecular formula is C20H44B6O11P2. The standard InChI is InChI=1S/C20H44B6O11P2/c1-11(2)30-8-16-14(7-20(35-16)26(23)24)37-39(4,29)32-10-17-13(6-19(25-22)34-17)36-38(3,28)31-9-15-12(27)5-18(21)33-15/h11-20,25,27-29H,3-10,21-24H2,1-2H3/t12?,13?,14?,15-,16-,17-,18-,19-,20-,38?,39?/m1/s1. The Kier molecular flexibility index (Phi) is 12.9. The van der Waals surface area contributed by atoms with Gasteiger partial charge in [-0.05, 0) is 45.7 Å². The molecule has 11 atom stereocenters. The van der Waals surface area contributed by atoms with Gasteiger partial charge in [-0.25, -0.2) is 0 Å². The minimum atomic E-state index is -3.50. The Bertz CT molecular complexity index is 876. The molecule has 0 spiro atoms. The first-order valence-electron chi connectivity index (χ1n) is 14.0. The zero-order valence-corrected chi connectivity index (χ0v) is 26.0. The highest BCUT2D eigenvalue weighted by molar-refractivity contribution is 7.59. The number of rotatable bonds is 15. The van der Waals surface area contributed by atoms with Gasteiger partial charge in [-0.15, -0.1) is 0 Å². The lowest BCUT2D eigenvalue weighted by Crippen LogP contribution is -2.33. The maximum absolute atomic E-state index is 11.0. The zero-order valence-electron chi connectivity index (χ0n) is 24.2. The molecule has 0 aromatic rings. The highest BCUT2D eigenvalue weighted by Gasteiger charge is 2.42. The fraction of sp³-hybridized carbons (Fsp3) is 0.900. The molecule has 0 aromatic carbocycles. The number of hydrogen-bond donors (Lipinski definition) is 3. The lowest BCUT2D eigenvalue weighted by molar-refractivity contribution is -0.0475. The normalized spacial score (nSPS) is 38.1. The zero-order chi connectivity index (χ0) is 29.0. The third kappa shape index (κ3) is 10.6. The van der Waals surface area contributed by atoms with Gasteiger partial charge in [0.1, 0.15) is 39.8 Å². The molecule has 3 aliphatic rings. The van der Waals surface area contributed by atoms with Crippen molar-refractivity contribution >= 4 is 72.5 Å². The first kappa shape index (κ1) is 34.0. The van der Waals surface area contributed by atoms with E-state index in [9.17, 15) is 14.9 Å². The number of hydrogen-bond acceptors (Lipinski definition) is 11. The topological polar surface area (TPSA) is 135 Å². The highest BCUT2D eigenvalue weighted by Crippen LogP contribution is 2.50. The Balaban J connectivity index is 1.55. The summed E-state index contributed by atoms with van der Waals surface area (Å²) in [5.74, 6) is 0. The van der Waals surface area contributed by atoms with E-state index in [1.807, 2.05) is 29.4 Å². The second-order valence-corrected chi connectivity index (χ2v) is 14.9. The van der Waals surface area contributed by atoms with Crippen molar-refractivity contribution in [3.8, 4) is 0 Å². The summed E-state index contributed by atoms with van der Waals surface area (Å²) >= 11 is 0. The lowest BCUT2D eigenvalue weighted by atomic mass is 9.16. The van der Waals surface area contributed by atoms with Crippen molar-refractivity contribution in [3.63, 3.8) is 0 Å². The SMILES string of the molecule is BB[C@H]1CC(OP(=C)(O)OC[C@H]2O[C@@H](B)CC2O)[C@@H](COP(=C)(O)OC2C[C@H](B(B)B)O[C@@H]2COC(C)C)O1. The Labute approximate surface area is 238 Å². The molecule has 3 fully saturated rings. The number of aliphatic hydroxyl groups excluding tert-OH is 1. The van der Waals surface area contributed by atoms with E-state index in [0.29, 0.717) is 25.9 Å². The van der Waals surface area contributed by atoms with Crippen LogP contribution in [0.3, 0.4) is 0 Å². The molecule has 3 N–H and O–H groups in total. The van der Waals surface area contributed by atoms with E-state index in [2.05, 4.69) is 28.1 Å². The molecule has 0 radical (unpaired) electrons. The predicted octanol–water partition coefficient (Wildman–Crippen LogP) is -3.75. The van der Waals surface area contributed by atoms with Crippen LogP contribution in [0.5, 0.6) is 0 Å². The van der Waals surface area contributed by atoms with Crippen LogP contribution in [0.1, 0.15) is 33.1 Å². The second-order valence-electron chi connectivity index (χ2n) is 11.5. The van der Waals surface area contributed by atoms with Gasteiger partial charge in [-0.3, -0.25) is 0 Å². The van der Waals surface area contributed by atoms with E-state index in [1.54, 1.807) is 0 Å². The third-order valence-electron chi connectivity index (χ3n) is 7.19. The van der Waals surface area contributed by atoms with Gasteiger partial charge in [0.25, 0.3) is 0 Å². The van der Waals surface area contributed by atoms with Gasteiger partial charge in [-0.2, -0.15) is 0 Å². The Morgan fingerprint density at radius 1 is 0.923 bits per heavy atom. The Morgan fingerprint density at radius 3 is 2.00 bits per heavy atom. The summed E-state index contributed by atoms with van der Waals surface area (Å²) in [5, 5.41) is 10.1. The van der Waals surface area contributed by atoms with Gasteiger partial charge in [0.15, 0.2) is 0 Å². The largest absolute Gasteiger partial charge is 0.390 e. The van der Waals surface area contributed by atoms with Crippen molar-refractivity contribution in [1.82, 2.24) is 0 Å². The number of aliphatic hydroxyl groups is 1. The van der Waals surface area contributed by atoms with Gasteiger partial charge in [0, 0.05) is 18.0 Å². The van der Waals surface area contributed by atoms with Gasteiger partial charge in [-0.1, -0.05) is 0 Å². The molecule has 19 heteroatoms. The van der Waals surface area contributed by atoms with E-state index in [1.165, 1.54) is 0 Å². The molecule has 0 aromatic heterocycles. The summed E-state index contributed by atoms with van der Waals surface area (Å²) < 4.78 is 46.9. The number of ether oxygens (including phenoxy) is 4. The van der Waals surface area contributed by atoms with Crippen molar-refractivity contribution in [3.05, 3.63) is 0 Å². The van der Waals surface area contributed by atoms with E-state index < -0.39 is 45.7 Å². The first-order chi connectivity index (χ1) is 18.2. The van der Waals surface area contributed by atoms with Crippen molar-refractivity contribution in [2.24, 2.45) is 0 Å². The van der Waals surface area contributed by atoms with Gasteiger partial charge >= 0.3 is 0 Å². The molecule has 0 saturated carbocycles. The molecule has 218 valence electrons. The molecule has 3 heterocycles. The molecule has 5 unspecified atom stereocenters. The summed E-state index contributed by atoms with van der Waals surface area (Å²) in [7, 11) is 1.76. The fourth-order valence-electron chi connectivity index (χ4n) is 4.99. The van der Waals surface area contributed by atoms with Crippen LogP contribution in [0.2, 0.25) is 0 Å². The van der Waals surface area contributed by atoms with Crippen LogP contribution in [-0.2, 0) is 37.0 Å². The van der Waals surface area contributed by atoms with Gasteiger partial charge in [0.2, 0.25) is 15.1 Å². The predicted molar refractivity (Wildman–Crippen MR) is 168 cm³/mol. The molecule has 3 saturated heterocycles. The quantitative estimate of drug-likeness (QED) is 0.129. The Hall–Kier alpha value is 0.550. The lowest BCUT2D eigenvalue weighted by Gasteiger charge is -2.29. The van der Waals surface area contributed by atoms with Crippen molar-refractivity contribution in [1.29, 1.82) is 0 Å². The molecular weight excluding hydrogens is 543 g/mol. The average Bonchev–Trinajstić information content (AvgIpc) is 3.51. The molecule has 3 rings (SSSR count). The average molecular weight is 587 g/mol. The molecule has 3 aliphatic heterocycles. The molecule has 39 heavy (non-hydrogen) atoms. The summed E-state index contributed by atoms with van der Waals surface area (Å²) in [6.07, 6.45) is 6.07. The van der Waals surface area contributed by atoms with Crippen LogP contribution in [0.25, 0.3) is 0 Å². The van der Waals surface area contributed by atoms with Gasteiger partial charge < -0.3 is 51.9 Å². The maximum atomic E-state index is 11.0. The minimum Gasteiger partial charge on any atom is -0.390 e. The van der Waals surface area contributed by atoms with E-state index in [0.717, 1.165) is 7.17 Å². The molecule has 0 bridgehead atoms. The van der Waals surface area contributed by atoms with E-state index in [-0.39, 0.29) is 49.9 Å². The third-order valence-corrected chi connectivity index (χ3v) is 9.50. The van der Waals surface area contributed by atoms with Crippen LogP contribution in [0.4, 0.5) is 0 Å². The second kappa shape index (κ2) is 14.8. The molecule has 11 nitrogen and oxygen atoms in total. The van der Waals surface area contributed by atoms with Crippen molar-refractivity contribution in [2.75, 3.05) is 19.8 Å². The highest BCUT2D eigenvalue weighted by atomic mass is 31.2. The molecule has 0 amide bonds. The summed E-state index contributed by atoms with van der Waals surface area (Å²) in [6, 6.07) is -0.221. The summed E-state index contributed by atoms with van der Waals surface area (Å²) in [6.45, 7) is 4.45. The van der Waals surface area contributed by atoms with Crippen LogP contribution in [0.15, 0.2) is 0 Å². The first-order valence-corrected chi connectivity index (χ1v) is 17.5. The van der Waals surface area contributed by atoms with E-state index in [4.69, 9.17) is 37.0 Å².